The van der Waals surface area contributed by atoms with Gasteiger partial charge in [0.1, 0.15) is 0 Å². The van der Waals surface area contributed by atoms with Crippen molar-refractivity contribution in [1.29, 1.82) is 0 Å². The third-order valence-corrected chi connectivity index (χ3v) is 4.24. The van der Waals surface area contributed by atoms with Gasteiger partial charge in [0.15, 0.2) is 5.16 Å². The lowest BCUT2D eigenvalue weighted by molar-refractivity contribution is -0.116. The number of anilines is 1. The van der Waals surface area contributed by atoms with E-state index in [-0.39, 0.29) is 5.91 Å². The van der Waals surface area contributed by atoms with Crippen molar-refractivity contribution in [2.24, 2.45) is 13.0 Å². The van der Waals surface area contributed by atoms with Crippen LogP contribution in [-0.2, 0) is 11.8 Å². The van der Waals surface area contributed by atoms with E-state index < -0.39 is 0 Å². The summed E-state index contributed by atoms with van der Waals surface area (Å²) in [4.78, 5) is 17.3. The minimum absolute atomic E-state index is 0.0663. The molecule has 0 aliphatic rings. The largest absolute Gasteiger partial charge is 0.329 e. The van der Waals surface area contributed by atoms with Crippen LogP contribution in [-0.4, -0.2) is 15.5 Å². The Morgan fingerprint density at radius 3 is 2.81 bits per heavy atom. The van der Waals surface area contributed by atoms with E-state index in [9.17, 15) is 4.79 Å². The molecule has 112 valence electrons. The molecule has 0 atom stereocenters. The van der Waals surface area contributed by atoms with Crippen molar-refractivity contribution < 1.29 is 4.79 Å². The van der Waals surface area contributed by atoms with Crippen LogP contribution in [0.25, 0.3) is 0 Å². The van der Waals surface area contributed by atoms with Gasteiger partial charge >= 0.3 is 0 Å². The summed E-state index contributed by atoms with van der Waals surface area (Å²) < 4.78 is 1.96. The van der Waals surface area contributed by atoms with Crippen molar-refractivity contribution in [3.63, 3.8) is 0 Å². The number of nitrogens with zero attached hydrogens (tertiary/aromatic N) is 2. The standard InChI is InChI=1S/C16H21N3OS/c1-12(2)8-9-15(20)18-13-6-4-5-7-14(13)21-16-17-10-11-19(16)3/h4-7,10-12H,8-9H2,1-3H3,(H,18,20). The van der Waals surface area contributed by atoms with E-state index in [1.807, 2.05) is 42.1 Å². The highest BCUT2D eigenvalue weighted by Gasteiger charge is 2.10. The average molecular weight is 303 g/mol. The summed E-state index contributed by atoms with van der Waals surface area (Å²) in [6.45, 7) is 4.25. The summed E-state index contributed by atoms with van der Waals surface area (Å²) in [7, 11) is 1.96. The molecule has 0 unspecified atom stereocenters. The van der Waals surface area contributed by atoms with Gasteiger partial charge in [-0.2, -0.15) is 0 Å². The lowest BCUT2D eigenvalue weighted by Gasteiger charge is -2.11. The lowest BCUT2D eigenvalue weighted by atomic mass is 10.1. The van der Waals surface area contributed by atoms with Gasteiger partial charge in [-0.05, 0) is 36.2 Å². The number of imidazole rings is 1. The van der Waals surface area contributed by atoms with Gasteiger partial charge in [-0.3, -0.25) is 4.79 Å². The molecule has 2 rings (SSSR count). The predicted octanol–water partition coefficient (Wildman–Crippen LogP) is 3.95. The molecule has 0 saturated carbocycles. The molecule has 2 aromatic rings. The van der Waals surface area contributed by atoms with Crippen molar-refractivity contribution in [2.75, 3.05) is 5.32 Å². The second kappa shape index (κ2) is 7.31. The van der Waals surface area contributed by atoms with Crippen molar-refractivity contribution in [3.8, 4) is 0 Å². The Morgan fingerprint density at radius 2 is 2.14 bits per heavy atom. The van der Waals surface area contributed by atoms with Gasteiger partial charge in [0.25, 0.3) is 0 Å². The van der Waals surface area contributed by atoms with E-state index in [2.05, 4.69) is 24.1 Å². The second-order valence-corrected chi connectivity index (χ2v) is 6.41. The number of hydrogen-bond donors (Lipinski definition) is 1. The Bertz CT molecular complexity index is 607. The number of carbonyl (C=O) groups is 1. The third kappa shape index (κ3) is 4.63. The number of aromatic nitrogens is 2. The zero-order chi connectivity index (χ0) is 15.2. The molecule has 1 aromatic carbocycles. The highest BCUT2D eigenvalue weighted by atomic mass is 32.2. The first-order valence-electron chi connectivity index (χ1n) is 7.10. The first-order valence-corrected chi connectivity index (χ1v) is 7.92. The molecule has 0 spiro atoms. The summed E-state index contributed by atoms with van der Waals surface area (Å²) in [5.41, 5.74) is 0.847. The van der Waals surface area contributed by atoms with Crippen LogP contribution in [0.5, 0.6) is 0 Å². The molecular formula is C16H21N3OS. The van der Waals surface area contributed by atoms with Gasteiger partial charge in [-0.25, -0.2) is 4.98 Å². The molecule has 5 heteroatoms. The van der Waals surface area contributed by atoms with Crippen LogP contribution in [0.1, 0.15) is 26.7 Å². The number of hydrogen-bond acceptors (Lipinski definition) is 3. The van der Waals surface area contributed by atoms with E-state index in [0.29, 0.717) is 12.3 Å². The zero-order valence-electron chi connectivity index (χ0n) is 12.7. The third-order valence-electron chi connectivity index (χ3n) is 3.09. The van der Waals surface area contributed by atoms with Crippen LogP contribution >= 0.6 is 11.8 Å². The van der Waals surface area contributed by atoms with Crippen molar-refractivity contribution in [3.05, 3.63) is 36.7 Å². The average Bonchev–Trinajstić information content (AvgIpc) is 2.84. The number of carbonyl (C=O) groups excluding carboxylic acids is 1. The Morgan fingerprint density at radius 1 is 1.38 bits per heavy atom. The fraction of sp³-hybridized carbons (Fsp3) is 0.375. The monoisotopic (exact) mass is 303 g/mol. The van der Waals surface area contributed by atoms with Crippen molar-refractivity contribution >= 4 is 23.4 Å². The summed E-state index contributed by atoms with van der Waals surface area (Å²) in [5.74, 6) is 0.601. The van der Waals surface area contributed by atoms with Gasteiger partial charge in [0.05, 0.1) is 5.69 Å². The summed E-state index contributed by atoms with van der Waals surface area (Å²) >= 11 is 1.55. The molecule has 4 nitrogen and oxygen atoms in total. The molecular weight excluding hydrogens is 282 g/mol. The van der Waals surface area contributed by atoms with Gasteiger partial charge in [-0.15, -0.1) is 0 Å². The first kappa shape index (κ1) is 15.6. The molecule has 21 heavy (non-hydrogen) atoms. The summed E-state index contributed by atoms with van der Waals surface area (Å²) in [5, 5.41) is 3.90. The Hall–Kier alpha value is -1.75. The fourth-order valence-corrected chi connectivity index (χ4v) is 2.73. The molecule has 0 saturated heterocycles. The maximum absolute atomic E-state index is 12.0. The molecule has 1 amide bonds. The lowest BCUT2D eigenvalue weighted by Crippen LogP contribution is -2.12. The van der Waals surface area contributed by atoms with Crippen molar-refractivity contribution in [1.82, 2.24) is 9.55 Å². The van der Waals surface area contributed by atoms with Crippen LogP contribution in [0.15, 0.2) is 46.7 Å². The predicted molar refractivity (Wildman–Crippen MR) is 86.5 cm³/mol. The van der Waals surface area contributed by atoms with Gasteiger partial charge in [0.2, 0.25) is 5.91 Å². The zero-order valence-corrected chi connectivity index (χ0v) is 13.5. The second-order valence-electron chi connectivity index (χ2n) is 5.40. The number of nitrogens with one attached hydrogen (secondary N) is 1. The number of para-hydroxylation sites is 1. The maximum atomic E-state index is 12.0. The summed E-state index contributed by atoms with van der Waals surface area (Å²) in [6.07, 6.45) is 5.14. The van der Waals surface area contributed by atoms with E-state index >= 15 is 0 Å². The molecule has 0 aliphatic carbocycles. The quantitative estimate of drug-likeness (QED) is 0.879. The number of amides is 1. The number of aryl methyl sites for hydroxylation is 1. The highest BCUT2D eigenvalue weighted by molar-refractivity contribution is 7.99. The first-order chi connectivity index (χ1) is 10.1. The van der Waals surface area contributed by atoms with E-state index in [1.54, 1.807) is 18.0 Å². The van der Waals surface area contributed by atoms with Crippen LogP contribution in [0.4, 0.5) is 5.69 Å². The molecule has 0 aliphatic heterocycles. The van der Waals surface area contributed by atoms with E-state index in [4.69, 9.17) is 0 Å². The fourth-order valence-electron chi connectivity index (χ4n) is 1.84. The SMILES string of the molecule is CC(C)CCC(=O)Nc1ccccc1Sc1nccn1C. The van der Waals surface area contributed by atoms with Gasteiger partial charge in [-0.1, -0.05) is 26.0 Å². The Kier molecular flexibility index (Phi) is 5.44. The van der Waals surface area contributed by atoms with E-state index in [0.717, 1.165) is 22.2 Å². The van der Waals surface area contributed by atoms with Gasteiger partial charge in [0, 0.05) is 30.8 Å². The minimum Gasteiger partial charge on any atom is -0.329 e. The Balaban J connectivity index is 2.06. The minimum atomic E-state index is 0.0663. The van der Waals surface area contributed by atoms with E-state index in [1.165, 1.54) is 0 Å². The topological polar surface area (TPSA) is 46.9 Å². The Labute approximate surface area is 130 Å². The maximum Gasteiger partial charge on any atom is 0.224 e. The molecule has 1 aromatic heterocycles. The van der Waals surface area contributed by atoms with Crippen LogP contribution < -0.4 is 5.32 Å². The highest BCUT2D eigenvalue weighted by Crippen LogP contribution is 2.32. The molecule has 1 N–H and O–H groups in total. The molecule has 0 fully saturated rings. The molecule has 1 heterocycles. The summed E-state index contributed by atoms with van der Waals surface area (Å²) in [6, 6.07) is 7.82. The molecule has 0 radical (unpaired) electrons. The van der Waals surface area contributed by atoms with Crippen LogP contribution in [0.3, 0.4) is 0 Å². The number of benzene rings is 1. The molecule has 0 bridgehead atoms. The smallest absolute Gasteiger partial charge is 0.224 e. The van der Waals surface area contributed by atoms with Gasteiger partial charge < -0.3 is 9.88 Å². The van der Waals surface area contributed by atoms with Crippen LogP contribution in [0.2, 0.25) is 0 Å². The number of rotatable bonds is 6. The van der Waals surface area contributed by atoms with Crippen LogP contribution in [0, 0.1) is 5.92 Å². The normalized spacial score (nSPS) is 10.9. The van der Waals surface area contributed by atoms with Crippen molar-refractivity contribution in [2.45, 2.75) is 36.7 Å².